The largest absolute Gasteiger partial charge is 0.444 e. The number of fused-ring (bicyclic) bond motifs is 1. The van der Waals surface area contributed by atoms with E-state index in [2.05, 4.69) is 4.98 Å². The molecule has 2 aromatic rings. The van der Waals surface area contributed by atoms with Gasteiger partial charge in [0.1, 0.15) is 11.4 Å². The molecular weight excluding hydrogens is 413 g/mol. The summed E-state index contributed by atoms with van der Waals surface area (Å²) in [6.45, 7) is 7.62. The van der Waals surface area contributed by atoms with Gasteiger partial charge in [0, 0.05) is 37.3 Å². The van der Waals surface area contributed by atoms with Crippen molar-refractivity contribution in [3.8, 4) is 0 Å². The molecule has 10 heteroatoms. The highest BCUT2D eigenvalue weighted by atomic mass is 32.2. The summed E-state index contributed by atoms with van der Waals surface area (Å²) in [5.74, 6) is -0.818. The van der Waals surface area contributed by atoms with Gasteiger partial charge in [0.15, 0.2) is 0 Å². The molecule has 1 aromatic carbocycles. The average molecular weight is 440 g/mol. The lowest BCUT2D eigenvalue weighted by atomic mass is 10.2. The molecule has 164 valence electrons. The van der Waals surface area contributed by atoms with Crippen molar-refractivity contribution >= 4 is 26.9 Å². The van der Waals surface area contributed by atoms with Crippen molar-refractivity contribution in [2.75, 3.05) is 19.6 Å². The third kappa shape index (κ3) is 4.34. The number of sulfonamides is 1. The minimum Gasteiger partial charge on any atom is -0.444 e. The number of rotatable bonds is 2. The molecule has 1 aliphatic heterocycles. The van der Waals surface area contributed by atoms with Crippen molar-refractivity contribution in [1.29, 1.82) is 0 Å². The summed E-state index contributed by atoms with van der Waals surface area (Å²) in [6, 6.07) is 3.53. The molecule has 0 radical (unpaired) electrons. The lowest BCUT2D eigenvalue weighted by molar-refractivity contribution is 0.0244. The average Bonchev–Trinajstić information content (AvgIpc) is 2.85. The topological polar surface area (TPSA) is 99.8 Å². The van der Waals surface area contributed by atoms with Crippen LogP contribution in [0.4, 0.5) is 9.18 Å². The van der Waals surface area contributed by atoms with Crippen LogP contribution in [0.15, 0.2) is 34.1 Å². The van der Waals surface area contributed by atoms with Crippen LogP contribution in [-0.2, 0) is 14.8 Å². The molecular formula is C20H26FN3O5S. The Kier molecular flexibility index (Phi) is 5.92. The second kappa shape index (κ2) is 7.99. The molecule has 8 nitrogen and oxygen atoms in total. The maximum Gasteiger partial charge on any atom is 0.410 e. The van der Waals surface area contributed by atoms with Crippen LogP contribution in [0.1, 0.15) is 34.1 Å². The fourth-order valence-corrected chi connectivity index (χ4v) is 5.45. The third-order valence-electron chi connectivity index (χ3n) is 4.86. The Morgan fingerprint density at radius 3 is 2.63 bits per heavy atom. The lowest BCUT2D eigenvalue weighted by Crippen LogP contribution is -2.45. The van der Waals surface area contributed by atoms with E-state index in [9.17, 15) is 22.4 Å². The van der Waals surface area contributed by atoms with Crippen LogP contribution < -0.4 is 5.56 Å². The van der Waals surface area contributed by atoms with Crippen molar-refractivity contribution in [3.05, 3.63) is 40.6 Å². The lowest BCUT2D eigenvalue weighted by Gasteiger charge is -2.30. The number of aromatic nitrogens is 1. The molecule has 0 aliphatic carbocycles. The SMILES string of the molecule is C[C@H]1CN(C(=O)OC(C)(C)C)CCCN1S(=O)(=O)c1cccc2c(=O)[nH]cc(F)c12. The number of hydrogen-bond acceptors (Lipinski definition) is 5. The Labute approximate surface area is 174 Å². The number of nitrogens with zero attached hydrogens (tertiary/aromatic N) is 2. The molecule has 2 heterocycles. The first-order chi connectivity index (χ1) is 13.9. The van der Waals surface area contributed by atoms with E-state index < -0.39 is 39.1 Å². The zero-order valence-corrected chi connectivity index (χ0v) is 18.3. The van der Waals surface area contributed by atoms with Gasteiger partial charge in [0.2, 0.25) is 10.0 Å². The number of amides is 1. The molecule has 0 saturated carbocycles. The van der Waals surface area contributed by atoms with Gasteiger partial charge in [-0.15, -0.1) is 0 Å². The zero-order chi connectivity index (χ0) is 22.3. The van der Waals surface area contributed by atoms with E-state index in [0.717, 1.165) is 6.20 Å². The molecule has 1 aliphatic rings. The fourth-order valence-electron chi connectivity index (χ4n) is 3.58. The van der Waals surface area contributed by atoms with Crippen molar-refractivity contribution in [2.24, 2.45) is 0 Å². The highest BCUT2D eigenvalue weighted by molar-refractivity contribution is 7.89. The van der Waals surface area contributed by atoms with Crippen molar-refractivity contribution in [2.45, 2.75) is 50.7 Å². The van der Waals surface area contributed by atoms with Gasteiger partial charge in [0.25, 0.3) is 5.56 Å². The Bertz CT molecular complexity index is 1120. The Hall–Kier alpha value is -2.46. The summed E-state index contributed by atoms with van der Waals surface area (Å²) in [7, 11) is -4.12. The van der Waals surface area contributed by atoms with E-state index in [1.165, 1.54) is 27.4 Å². The number of H-pyrrole nitrogens is 1. The first-order valence-corrected chi connectivity index (χ1v) is 11.2. The number of benzene rings is 1. The van der Waals surface area contributed by atoms with Gasteiger partial charge in [-0.05, 0) is 46.2 Å². The highest BCUT2D eigenvalue weighted by Gasteiger charge is 2.35. The molecule has 1 saturated heterocycles. The van der Waals surface area contributed by atoms with Gasteiger partial charge < -0.3 is 14.6 Å². The van der Waals surface area contributed by atoms with Gasteiger partial charge in [0.05, 0.1) is 10.3 Å². The first kappa shape index (κ1) is 22.2. The smallest absolute Gasteiger partial charge is 0.410 e. The van der Waals surface area contributed by atoms with E-state index in [4.69, 9.17) is 4.74 Å². The Morgan fingerprint density at radius 1 is 1.27 bits per heavy atom. The number of pyridine rings is 1. The highest BCUT2D eigenvalue weighted by Crippen LogP contribution is 2.28. The van der Waals surface area contributed by atoms with E-state index in [1.54, 1.807) is 27.7 Å². The monoisotopic (exact) mass is 439 g/mol. The number of carbonyl (C=O) groups excluding carboxylic acids is 1. The number of aromatic amines is 1. The van der Waals surface area contributed by atoms with E-state index in [1.807, 2.05) is 0 Å². The summed E-state index contributed by atoms with van der Waals surface area (Å²) >= 11 is 0. The predicted molar refractivity (Wildman–Crippen MR) is 110 cm³/mol. The van der Waals surface area contributed by atoms with Crippen LogP contribution in [0, 0.1) is 5.82 Å². The van der Waals surface area contributed by atoms with E-state index in [0.29, 0.717) is 13.0 Å². The molecule has 0 bridgehead atoms. The van der Waals surface area contributed by atoms with Crippen LogP contribution in [0.2, 0.25) is 0 Å². The van der Waals surface area contributed by atoms with Gasteiger partial charge in [-0.25, -0.2) is 17.6 Å². The molecule has 30 heavy (non-hydrogen) atoms. The molecule has 1 amide bonds. The van der Waals surface area contributed by atoms with Crippen LogP contribution >= 0.6 is 0 Å². The van der Waals surface area contributed by atoms with E-state index in [-0.39, 0.29) is 28.8 Å². The van der Waals surface area contributed by atoms with Crippen molar-refractivity contribution in [3.63, 3.8) is 0 Å². The standard InChI is InChI=1S/C20H26FN3O5S/c1-13-12-23(19(26)29-20(2,3)4)9-6-10-24(13)30(27,28)16-8-5-7-14-17(16)15(21)11-22-18(14)25/h5,7-8,11,13H,6,9-10,12H2,1-4H3,(H,22,25)/t13-/m0/s1. The Balaban J connectivity index is 1.96. The molecule has 1 fully saturated rings. The first-order valence-electron chi connectivity index (χ1n) is 9.71. The molecule has 0 unspecified atom stereocenters. The van der Waals surface area contributed by atoms with Crippen LogP contribution in [-0.4, -0.2) is 60.0 Å². The quantitative estimate of drug-likeness (QED) is 0.776. The number of halogens is 1. The van der Waals surface area contributed by atoms with Gasteiger partial charge >= 0.3 is 6.09 Å². The Morgan fingerprint density at radius 2 is 1.97 bits per heavy atom. The normalized spacial score (nSPS) is 19.0. The van der Waals surface area contributed by atoms with Gasteiger partial charge in [-0.2, -0.15) is 4.31 Å². The van der Waals surface area contributed by atoms with Crippen LogP contribution in [0.5, 0.6) is 0 Å². The number of nitrogens with one attached hydrogen (secondary N) is 1. The fraction of sp³-hybridized carbons (Fsp3) is 0.500. The second-order valence-corrected chi connectivity index (χ2v) is 10.2. The maximum atomic E-state index is 14.5. The summed E-state index contributed by atoms with van der Waals surface area (Å²) in [4.78, 5) is 28.0. The number of ether oxygens (including phenoxy) is 1. The molecule has 3 rings (SSSR count). The second-order valence-electron chi connectivity index (χ2n) is 8.39. The van der Waals surface area contributed by atoms with E-state index >= 15 is 0 Å². The molecule has 1 atom stereocenters. The minimum atomic E-state index is -4.12. The number of hydrogen-bond donors (Lipinski definition) is 1. The van der Waals surface area contributed by atoms with Gasteiger partial charge in [-0.3, -0.25) is 4.79 Å². The number of carbonyl (C=O) groups is 1. The summed E-state index contributed by atoms with van der Waals surface area (Å²) < 4.78 is 48.1. The van der Waals surface area contributed by atoms with Crippen molar-refractivity contribution in [1.82, 2.24) is 14.2 Å². The van der Waals surface area contributed by atoms with Crippen LogP contribution in [0.3, 0.4) is 0 Å². The zero-order valence-electron chi connectivity index (χ0n) is 17.4. The predicted octanol–water partition coefficient (Wildman–Crippen LogP) is 2.69. The van der Waals surface area contributed by atoms with Gasteiger partial charge in [-0.1, -0.05) is 6.07 Å². The summed E-state index contributed by atoms with van der Waals surface area (Å²) in [5.41, 5.74) is -1.23. The van der Waals surface area contributed by atoms with Crippen LogP contribution in [0.25, 0.3) is 10.8 Å². The summed E-state index contributed by atoms with van der Waals surface area (Å²) in [6.07, 6.45) is 0.757. The molecule has 1 N–H and O–H groups in total. The third-order valence-corrected chi connectivity index (χ3v) is 6.92. The maximum absolute atomic E-state index is 14.5. The molecule has 1 aromatic heterocycles. The summed E-state index contributed by atoms with van der Waals surface area (Å²) in [5, 5.41) is -0.268. The minimum absolute atomic E-state index is 0.0334. The molecule has 0 spiro atoms. The van der Waals surface area contributed by atoms with Crippen molar-refractivity contribution < 1.29 is 22.3 Å².